The molecule has 1 aromatic carbocycles. The van der Waals surface area contributed by atoms with Gasteiger partial charge in [-0.15, -0.1) is 29.9 Å². The monoisotopic (exact) mass is 337 g/mol. The van der Waals surface area contributed by atoms with E-state index in [1.807, 2.05) is 0 Å². The highest BCUT2D eigenvalue weighted by Crippen LogP contribution is 2.24. The molecule has 1 heterocycles. The largest absolute Gasteiger partial charge is 0.573 e. The lowest BCUT2D eigenvalue weighted by molar-refractivity contribution is -0.274. The molecule has 0 aliphatic rings. The van der Waals surface area contributed by atoms with Gasteiger partial charge in [-0.25, -0.2) is 0 Å². The summed E-state index contributed by atoms with van der Waals surface area (Å²) in [4.78, 5) is 12.2. The summed E-state index contributed by atoms with van der Waals surface area (Å²) in [5, 5.41) is 6.19. The normalized spacial score (nSPS) is 11.2. The van der Waals surface area contributed by atoms with Gasteiger partial charge in [-0.05, 0) is 35.8 Å². The number of alkyl halides is 4. The van der Waals surface area contributed by atoms with Gasteiger partial charge in [0.2, 0.25) is 0 Å². The van der Waals surface area contributed by atoms with Crippen LogP contribution in [0.5, 0.6) is 5.75 Å². The molecule has 0 saturated heterocycles. The van der Waals surface area contributed by atoms with E-state index < -0.39 is 12.3 Å². The van der Waals surface area contributed by atoms with Crippen LogP contribution in [-0.4, -0.2) is 21.9 Å². The summed E-state index contributed by atoms with van der Waals surface area (Å²) < 4.78 is 43.3. The molecule has 10 heteroatoms. The number of ether oxygens (including phenoxy) is 1. The second-order valence-electron chi connectivity index (χ2n) is 3.71. The number of anilines is 1. The Morgan fingerprint density at radius 1 is 1.33 bits per heavy atom. The summed E-state index contributed by atoms with van der Waals surface area (Å²) in [6, 6.07) is 4.76. The number of benzene rings is 1. The number of halogens is 4. The number of amides is 1. The smallest absolute Gasteiger partial charge is 0.406 e. The maximum absolute atomic E-state index is 12.0. The molecule has 112 valence electrons. The Bertz CT molecular complexity index is 630. The molecule has 0 fully saturated rings. The topological polar surface area (TPSA) is 64.1 Å². The molecule has 2 aromatic rings. The van der Waals surface area contributed by atoms with E-state index in [1.165, 1.54) is 12.1 Å². The Kier molecular flexibility index (Phi) is 4.63. The van der Waals surface area contributed by atoms with E-state index >= 15 is 0 Å². The molecular weight excluding hydrogens is 331 g/mol. The van der Waals surface area contributed by atoms with Crippen LogP contribution >= 0.6 is 23.1 Å². The summed E-state index contributed by atoms with van der Waals surface area (Å²) >= 11 is 6.49. The maximum Gasteiger partial charge on any atom is 0.573 e. The zero-order chi connectivity index (χ0) is 15.5. The molecule has 0 spiro atoms. The summed E-state index contributed by atoms with van der Waals surface area (Å²) in [5.74, 6) is -0.816. The first-order valence-electron chi connectivity index (χ1n) is 5.43. The first kappa shape index (κ1) is 15.5. The van der Waals surface area contributed by atoms with Crippen LogP contribution in [0.3, 0.4) is 0 Å². The molecule has 1 amide bonds. The number of hydrogen-bond donors (Lipinski definition) is 1. The van der Waals surface area contributed by atoms with E-state index in [0.29, 0.717) is 11.4 Å². The van der Waals surface area contributed by atoms with Crippen LogP contribution in [-0.2, 0) is 5.88 Å². The number of aromatic nitrogens is 2. The van der Waals surface area contributed by atoms with Crippen LogP contribution in [0.4, 0.5) is 18.9 Å². The van der Waals surface area contributed by atoms with E-state index in [4.69, 9.17) is 11.6 Å². The molecule has 0 aliphatic carbocycles. The van der Waals surface area contributed by atoms with Crippen molar-refractivity contribution in [2.45, 2.75) is 12.2 Å². The molecule has 0 aliphatic heterocycles. The van der Waals surface area contributed by atoms with Crippen LogP contribution in [0.2, 0.25) is 0 Å². The van der Waals surface area contributed by atoms with Gasteiger partial charge >= 0.3 is 6.36 Å². The molecule has 1 N–H and O–H groups in total. The lowest BCUT2D eigenvalue weighted by Crippen LogP contribution is -2.17. The molecule has 5 nitrogen and oxygen atoms in total. The van der Waals surface area contributed by atoms with Crippen molar-refractivity contribution in [1.29, 1.82) is 0 Å². The quantitative estimate of drug-likeness (QED) is 0.868. The third-order valence-corrected chi connectivity index (χ3v) is 3.25. The molecule has 0 atom stereocenters. The number of nitrogens with one attached hydrogen (secondary N) is 1. The molecular formula is C11H7ClF3N3O2S. The fraction of sp³-hybridized carbons (Fsp3) is 0.182. The van der Waals surface area contributed by atoms with Crippen molar-refractivity contribution in [3.63, 3.8) is 0 Å². The first-order chi connectivity index (χ1) is 9.89. The van der Waals surface area contributed by atoms with Crippen LogP contribution < -0.4 is 10.1 Å². The van der Waals surface area contributed by atoms with E-state index in [1.54, 1.807) is 0 Å². The maximum atomic E-state index is 12.0. The van der Waals surface area contributed by atoms with Gasteiger partial charge in [-0.2, -0.15) is 0 Å². The lowest BCUT2D eigenvalue weighted by Gasteiger charge is -2.09. The van der Waals surface area contributed by atoms with Crippen molar-refractivity contribution in [3.05, 3.63) is 34.8 Å². The Labute approximate surface area is 125 Å². The van der Waals surface area contributed by atoms with E-state index in [2.05, 4.69) is 19.6 Å². The van der Waals surface area contributed by atoms with Gasteiger partial charge in [0.05, 0.1) is 5.88 Å². The van der Waals surface area contributed by atoms with Crippen LogP contribution in [0.1, 0.15) is 15.4 Å². The molecule has 1 aromatic heterocycles. The van der Waals surface area contributed by atoms with Crippen molar-refractivity contribution in [1.82, 2.24) is 9.59 Å². The van der Waals surface area contributed by atoms with Gasteiger partial charge in [0.15, 0.2) is 0 Å². The van der Waals surface area contributed by atoms with Gasteiger partial charge < -0.3 is 10.1 Å². The number of rotatable bonds is 4. The summed E-state index contributed by atoms with van der Waals surface area (Å²) in [7, 11) is 0. The first-order valence-corrected chi connectivity index (χ1v) is 6.74. The molecule has 21 heavy (non-hydrogen) atoms. The van der Waals surface area contributed by atoms with Gasteiger partial charge in [-0.1, -0.05) is 4.49 Å². The Hall–Kier alpha value is -1.87. The van der Waals surface area contributed by atoms with Crippen LogP contribution in [0.15, 0.2) is 24.3 Å². The minimum Gasteiger partial charge on any atom is -0.406 e. The predicted octanol–water partition coefficient (Wildman–Crippen LogP) is 3.43. The van der Waals surface area contributed by atoms with Gasteiger partial charge in [0.1, 0.15) is 16.3 Å². The van der Waals surface area contributed by atoms with Crippen molar-refractivity contribution in [2.75, 3.05) is 5.32 Å². The van der Waals surface area contributed by atoms with Crippen LogP contribution in [0, 0.1) is 0 Å². The number of hydrogen-bond acceptors (Lipinski definition) is 5. The van der Waals surface area contributed by atoms with Gasteiger partial charge in [0, 0.05) is 5.69 Å². The fourth-order valence-corrected chi connectivity index (χ4v) is 2.24. The van der Waals surface area contributed by atoms with Crippen molar-refractivity contribution >= 4 is 34.7 Å². The molecule has 0 unspecified atom stereocenters. The average Bonchev–Trinajstić information content (AvgIpc) is 2.87. The second kappa shape index (κ2) is 6.27. The van der Waals surface area contributed by atoms with E-state index in [9.17, 15) is 18.0 Å². The van der Waals surface area contributed by atoms with Gasteiger partial charge in [-0.3, -0.25) is 4.79 Å². The predicted molar refractivity (Wildman–Crippen MR) is 70.5 cm³/mol. The van der Waals surface area contributed by atoms with Crippen molar-refractivity contribution in [3.8, 4) is 5.75 Å². The SMILES string of the molecule is O=C(Nc1ccc(OC(F)(F)F)cc1)c1snnc1CCl. The Morgan fingerprint density at radius 2 is 2.00 bits per heavy atom. The molecule has 0 radical (unpaired) electrons. The molecule has 0 saturated carbocycles. The fourth-order valence-electron chi connectivity index (χ4n) is 1.40. The Morgan fingerprint density at radius 3 is 2.57 bits per heavy atom. The standard InChI is InChI=1S/C11H7ClF3N3O2S/c12-5-8-9(21-18-17-8)10(19)16-6-1-3-7(4-2-6)20-11(13,14)15/h1-4H,5H2,(H,16,19). The number of carbonyl (C=O) groups is 1. The highest BCUT2D eigenvalue weighted by atomic mass is 35.5. The van der Waals surface area contributed by atoms with Crippen molar-refractivity contribution in [2.24, 2.45) is 0 Å². The average molecular weight is 338 g/mol. The summed E-state index contributed by atoms with van der Waals surface area (Å²) in [6.45, 7) is 0. The minimum absolute atomic E-state index is 0.0393. The van der Waals surface area contributed by atoms with Crippen molar-refractivity contribution < 1.29 is 22.7 Å². The zero-order valence-electron chi connectivity index (χ0n) is 10.1. The summed E-state index contributed by atoms with van der Waals surface area (Å²) in [5.41, 5.74) is 0.652. The molecule has 0 bridgehead atoms. The summed E-state index contributed by atoms with van der Waals surface area (Å²) in [6.07, 6.45) is -4.76. The highest BCUT2D eigenvalue weighted by Gasteiger charge is 2.31. The van der Waals surface area contributed by atoms with E-state index in [-0.39, 0.29) is 16.5 Å². The van der Waals surface area contributed by atoms with Crippen LogP contribution in [0.25, 0.3) is 0 Å². The Balaban J connectivity index is 2.05. The van der Waals surface area contributed by atoms with Gasteiger partial charge in [0.25, 0.3) is 5.91 Å². The number of carbonyl (C=O) groups excluding carboxylic acids is 1. The third-order valence-electron chi connectivity index (χ3n) is 2.23. The molecule has 2 rings (SSSR count). The van der Waals surface area contributed by atoms with E-state index in [0.717, 1.165) is 23.7 Å². The number of nitrogens with zero attached hydrogens (tertiary/aromatic N) is 2. The minimum atomic E-state index is -4.76. The third kappa shape index (κ3) is 4.30. The zero-order valence-corrected chi connectivity index (χ0v) is 11.7. The second-order valence-corrected chi connectivity index (χ2v) is 4.73. The lowest BCUT2D eigenvalue weighted by atomic mass is 10.3. The highest BCUT2D eigenvalue weighted by molar-refractivity contribution is 7.08.